The van der Waals surface area contributed by atoms with Gasteiger partial charge in [-0.2, -0.15) is 5.10 Å². The van der Waals surface area contributed by atoms with Crippen molar-refractivity contribution in [2.45, 2.75) is 38.5 Å². The van der Waals surface area contributed by atoms with Crippen LogP contribution in [0.25, 0.3) is 11.3 Å². The minimum absolute atomic E-state index is 0.0938. The van der Waals surface area contributed by atoms with Gasteiger partial charge >= 0.3 is 6.03 Å². The van der Waals surface area contributed by atoms with E-state index in [2.05, 4.69) is 20.4 Å². The number of nitrogens with zero attached hydrogens (tertiary/aromatic N) is 5. The van der Waals surface area contributed by atoms with Gasteiger partial charge in [0.2, 0.25) is 5.95 Å². The Kier molecular flexibility index (Phi) is 5.94. The maximum absolute atomic E-state index is 12.6. The normalized spacial score (nSPS) is 14.9. The first-order chi connectivity index (χ1) is 15.9. The van der Waals surface area contributed by atoms with Crippen molar-refractivity contribution >= 4 is 46.8 Å². The second-order valence-electron chi connectivity index (χ2n) is 7.97. The summed E-state index contributed by atoms with van der Waals surface area (Å²) in [7, 11) is 0. The topological polar surface area (TPSA) is 111 Å². The number of ether oxygens (including phenoxy) is 1. The molecule has 3 aromatic rings. The number of hydrogen-bond donors (Lipinski definition) is 2. The number of fused-ring (bicyclic) bond motifs is 1. The number of benzene rings is 1. The Balaban J connectivity index is 1.45. The molecule has 0 saturated heterocycles. The molecule has 2 amide bonds. The maximum atomic E-state index is 12.6. The quantitative estimate of drug-likeness (QED) is 0.517. The zero-order valence-electron chi connectivity index (χ0n) is 17.4. The number of amides is 2. The molecule has 3 N–H and O–H groups in total. The highest BCUT2D eigenvalue weighted by Crippen LogP contribution is 2.42. The molecular weight excluding hydrogens is 489 g/mol. The van der Waals surface area contributed by atoms with Gasteiger partial charge in [-0.05, 0) is 25.0 Å². The first kappa shape index (κ1) is 22.1. The number of hydrogen-bond acceptors (Lipinski definition) is 6. The lowest BCUT2D eigenvalue weighted by molar-refractivity contribution is 0.197. The van der Waals surface area contributed by atoms with Crippen molar-refractivity contribution in [1.82, 2.24) is 30.0 Å². The molecule has 2 aliphatic rings. The number of rotatable bonds is 6. The second kappa shape index (κ2) is 8.89. The SMILES string of the molecule is Nc1nc2c(c(-c3c(Cl)cc(Cl)cc3OCCn3cc(Cl)cn3)n1)CN(C(=O)NC1CC1)C2. The number of nitrogens with two attached hydrogens (primary N) is 1. The van der Waals surface area contributed by atoms with Crippen molar-refractivity contribution in [3.8, 4) is 17.0 Å². The van der Waals surface area contributed by atoms with Crippen molar-refractivity contribution in [3.63, 3.8) is 0 Å². The third-order valence-electron chi connectivity index (χ3n) is 5.43. The Hall–Kier alpha value is -2.75. The lowest BCUT2D eigenvalue weighted by atomic mass is 10.0. The van der Waals surface area contributed by atoms with E-state index in [4.69, 9.17) is 45.3 Å². The molecule has 0 unspecified atom stereocenters. The van der Waals surface area contributed by atoms with Crippen LogP contribution in [0.2, 0.25) is 15.1 Å². The molecule has 1 fully saturated rings. The van der Waals surface area contributed by atoms with Gasteiger partial charge in [-0.15, -0.1) is 0 Å². The van der Waals surface area contributed by atoms with Crippen molar-refractivity contribution in [1.29, 1.82) is 0 Å². The summed E-state index contributed by atoms with van der Waals surface area (Å²) in [6.07, 6.45) is 5.28. The first-order valence-electron chi connectivity index (χ1n) is 10.4. The Labute approximate surface area is 204 Å². The minimum Gasteiger partial charge on any atom is -0.491 e. The molecule has 9 nitrogen and oxygen atoms in total. The van der Waals surface area contributed by atoms with E-state index in [0.29, 0.717) is 64.0 Å². The number of urea groups is 1. The van der Waals surface area contributed by atoms with Crippen molar-refractivity contribution < 1.29 is 9.53 Å². The molecule has 2 aromatic heterocycles. The van der Waals surface area contributed by atoms with Gasteiger partial charge in [0.15, 0.2) is 0 Å². The Morgan fingerprint density at radius 3 is 2.73 bits per heavy atom. The fourth-order valence-corrected chi connectivity index (χ4v) is 4.44. The molecule has 5 rings (SSSR count). The number of halogens is 3. The summed E-state index contributed by atoms with van der Waals surface area (Å²) in [4.78, 5) is 23.1. The van der Waals surface area contributed by atoms with E-state index in [1.165, 1.54) is 0 Å². The number of nitrogen functional groups attached to an aromatic ring is 1. The average Bonchev–Trinajstić information content (AvgIpc) is 3.29. The lowest BCUT2D eigenvalue weighted by Gasteiger charge is -2.17. The molecule has 0 spiro atoms. The molecular formula is C21H20Cl3N7O2. The van der Waals surface area contributed by atoms with Crippen LogP contribution in [0.5, 0.6) is 5.75 Å². The molecule has 1 aliphatic carbocycles. The van der Waals surface area contributed by atoms with Gasteiger partial charge in [0, 0.05) is 22.8 Å². The highest BCUT2D eigenvalue weighted by atomic mass is 35.5. The van der Waals surface area contributed by atoms with Crippen LogP contribution >= 0.6 is 34.8 Å². The summed E-state index contributed by atoms with van der Waals surface area (Å²) in [6, 6.07) is 3.43. The fourth-order valence-electron chi connectivity index (χ4n) is 3.72. The predicted molar refractivity (Wildman–Crippen MR) is 125 cm³/mol. The molecule has 0 radical (unpaired) electrons. The number of anilines is 1. The Morgan fingerprint density at radius 2 is 2.00 bits per heavy atom. The predicted octanol–water partition coefficient (Wildman–Crippen LogP) is 4.15. The summed E-state index contributed by atoms with van der Waals surface area (Å²) in [5, 5.41) is 8.47. The van der Waals surface area contributed by atoms with Crippen molar-refractivity contribution in [2.75, 3.05) is 12.3 Å². The van der Waals surface area contributed by atoms with Crippen LogP contribution in [0, 0.1) is 0 Å². The van der Waals surface area contributed by atoms with Gasteiger partial charge < -0.3 is 20.7 Å². The maximum Gasteiger partial charge on any atom is 0.318 e. The monoisotopic (exact) mass is 507 g/mol. The third kappa shape index (κ3) is 4.80. The smallest absolute Gasteiger partial charge is 0.318 e. The van der Waals surface area contributed by atoms with Crippen LogP contribution in [0.1, 0.15) is 24.1 Å². The van der Waals surface area contributed by atoms with E-state index >= 15 is 0 Å². The summed E-state index contributed by atoms with van der Waals surface area (Å²) >= 11 is 18.8. The standard InChI is InChI=1S/C21H20Cl3N7O2/c22-11-5-15(24)18(17(6-11)33-4-3-31-8-12(23)7-26-31)19-14-9-30(21(32)27-13-1-2-13)10-16(14)28-20(25)29-19/h5-8,13H,1-4,9-10H2,(H,27,32)(H2,25,28,29). The van der Waals surface area contributed by atoms with E-state index in [1.807, 2.05) is 0 Å². The van der Waals surface area contributed by atoms with Gasteiger partial charge in [-0.1, -0.05) is 34.8 Å². The highest BCUT2D eigenvalue weighted by molar-refractivity contribution is 6.37. The van der Waals surface area contributed by atoms with Crippen LogP contribution < -0.4 is 15.8 Å². The van der Waals surface area contributed by atoms with Crippen molar-refractivity contribution in [2.24, 2.45) is 0 Å². The van der Waals surface area contributed by atoms with E-state index in [1.54, 1.807) is 34.1 Å². The van der Waals surface area contributed by atoms with Gasteiger partial charge in [0.25, 0.3) is 0 Å². The van der Waals surface area contributed by atoms with E-state index in [9.17, 15) is 4.79 Å². The molecule has 0 bridgehead atoms. The fraction of sp³-hybridized carbons (Fsp3) is 0.333. The largest absolute Gasteiger partial charge is 0.491 e. The molecule has 33 heavy (non-hydrogen) atoms. The van der Waals surface area contributed by atoms with Crippen molar-refractivity contribution in [3.05, 3.63) is 50.9 Å². The van der Waals surface area contributed by atoms with E-state index < -0.39 is 0 Å². The van der Waals surface area contributed by atoms with E-state index in [-0.39, 0.29) is 18.0 Å². The Bertz CT molecular complexity index is 1230. The Morgan fingerprint density at radius 1 is 1.18 bits per heavy atom. The average molecular weight is 509 g/mol. The number of aromatic nitrogens is 4. The van der Waals surface area contributed by atoms with Crippen LogP contribution in [0.3, 0.4) is 0 Å². The van der Waals surface area contributed by atoms with Crippen LogP contribution in [-0.2, 0) is 19.6 Å². The van der Waals surface area contributed by atoms with Gasteiger partial charge in [0.1, 0.15) is 12.4 Å². The molecule has 1 aliphatic heterocycles. The van der Waals surface area contributed by atoms with Crippen LogP contribution in [0.4, 0.5) is 10.7 Å². The number of carbonyl (C=O) groups excluding carboxylic acids is 1. The molecule has 1 aromatic carbocycles. The van der Waals surface area contributed by atoms with E-state index in [0.717, 1.165) is 18.4 Å². The molecule has 3 heterocycles. The summed E-state index contributed by atoms with van der Waals surface area (Å²) in [5.74, 6) is 0.545. The zero-order chi connectivity index (χ0) is 23.1. The third-order valence-corrected chi connectivity index (χ3v) is 6.14. The second-order valence-corrected chi connectivity index (χ2v) is 9.25. The first-order valence-corrected chi connectivity index (χ1v) is 11.5. The highest BCUT2D eigenvalue weighted by Gasteiger charge is 2.33. The molecule has 12 heteroatoms. The summed E-state index contributed by atoms with van der Waals surface area (Å²) in [5.41, 5.74) is 8.56. The number of carbonyl (C=O) groups is 1. The molecule has 0 atom stereocenters. The molecule has 1 saturated carbocycles. The minimum atomic E-state index is -0.128. The lowest BCUT2D eigenvalue weighted by Crippen LogP contribution is -2.37. The van der Waals surface area contributed by atoms with Gasteiger partial charge in [-0.25, -0.2) is 14.8 Å². The zero-order valence-corrected chi connectivity index (χ0v) is 19.7. The van der Waals surface area contributed by atoms with Gasteiger partial charge in [0.05, 0.1) is 52.8 Å². The molecule has 172 valence electrons. The number of nitrogens with one attached hydrogen (secondary N) is 1. The summed E-state index contributed by atoms with van der Waals surface area (Å²) < 4.78 is 7.71. The van der Waals surface area contributed by atoms with Crippen LogP contribution in [-0.4, -0.2) is 43.3 Å². The summed E-state index contributed by atoms with van der Waals surface area (Å²) in [6.45, 7) is 1.44. The van der Waals surface area contributed by atoms with Gasteiger partial charge in [-0.3, -0.25) is 4.68 Å². The van der Waals surface area contributed by atoms with Crippen LogP contribution in [0.15, 0.2) is 24.5 Å².